The molecule has 0 N–H and O–H groups in total. The molecule has 1 aliphatic heterocycles. The quantitative estimate of drug-likeness (QED) is 0.475. The Morgan fingerprint density at radius 2 is 2.26 bits per heavy atom. The first-order valence-corrected chi connectivity index (χ1v) is 6.22. The maximum Gasteiger partial charge on any atom is 0.328 e. The second-order valence-electron chi connectivity index (χ2n) is 4.51. The minimum atomic E-state index is -0.430. The third kappa shape index (κ3) is 2.83. The molecule has 6 nitrogen and oxygen atoms in total. The van der Waals surface area contributed by atoms with E-state index in [2.05, 4.69) is 0 Å². The Hall–Kier alpha value is -2.11. The van der Waals surface area contributed by atoms with E-state index in [4.69, 9.17) is 4.74 Å². The molecule has 0 aliphatic carbocycles. The van der Waals surface area contributed by atoms with Crippen molar-refractivity contribution in [1.82, 2.24) is 0 Å². The highest BCUT2D eigenvalue weighted by Gasteiger charge is 2.30. The minimum Gasteiger partial charge on any atom is -0.467 e. The van der Waals surface area contributed by atoms with Gasteiger partial charge in [-0.3, -0.25) is 10.1 Å². The molecule has 102 valence electrons. The van der Waals surface area contributed by atoms with Crippen molar-refractivity contribution in [1.29, 1.82) is 0 Å². The van der Waals surface area contributed by atoms with Crippen LogP contribution in [0.1, 0.15) is 19.3 Å². The number of hydrogen-bond acceptors (Lipinski definition) is 5. The molecule has 0 radical (unpaired) electrons. The molecule has 19 heavy (non-hydrogen) atoms. The van der Waals surface area contributed by atoms with Gasteiger partial charge in [0.2, 0.25) is 0 Å². The topological polar surface area (TPSA) is 72.7 Å². The summed E-state index contributed by atoms with van der Waals surface area (Å²) in [6, 6.07) is 6.02. The van der Waals surface area contributed by atoms with E-state index >= 15 is 0 Å². The van der Waals surface area contributed by atoms with Gasteiger partial charge in [-0.25, -0.2) is 4.79 Å². The molecule has 1 aliphatic rings. The third-order valence-corrected chi connectivity index (χ3v) is 3.35. The summed E-state index contributed by atoms with van der Waals surface area (Å²) in [5.74, 6) is -0.286. The van der Waals surface area contributed by atoms with Gasteiger partial charge in [-0.05, 0) is 25.3 Å². The fourth-order valence-corrected chi connectivity index (χ4v) is 2.41. The van der Waals surface area contributed by atoms with Crippen LogP contribution in [0.25, 0.3) is 0 Å². The number of nitro benzene ring substituents is 1. The molecule has 2 rings (SSSR count). The van der Waals surface area contributed by atoms with Crippen LogP contribution in [0.3, 0.4) is 0 Å². The van der Waals surface area contributed by atoms with Crippen LogP contribution in [0.4, 0.5) is 11.4 Å². The molecule has 1 atom stereocenters. The smallest absolute Gasteiger partial charge is 0.328 e. The Morgan fingerprint density at radius 3 is 2.95 bits per heavy atom. The lowest BCUT2D eigenvalue weighted by atomic mass is 10.0. The molecular formula is C13H16N2O4. The summed E-state index contributed by atoms with van der Waals surface area (Å²) in [7, 11) is 1.36. The van der Waals surface area contributed by atoms with Crippen LogP contribution in [0.2, 0.25) is 0 Å². The fraction of sp³-hybridized carbons (Fsp3) is 0.462. The van der Waals surface area contributed by atoms with Gasteiger partial charge in [0.05, 0.1) is 12.0 Å². The third-order valence-electron chi connectivity index (χ3n) is 3.35. The maximum absolute atomic E-state index is 11.8. The Balaban J connectivity index is 2.29. The van der Waals surface area contributed by atoms with Gasteiger partial charge < -0.3 is 9.64 Å². The van der Waals surface area contributed by atoms with E-state index in [1.165, 1.54) is 19.2 Å². The molecule has 0 saturated carbocycles. The molecule has 1 aromatic carbocycles. The van der Waals surface area contributed by atoms with Crippen molar-refractivity contribution < 1.29 is 14.5 Å². The number of methoxy groups -OCH3 is 1. The molecule has 1 unspecified atom stereocenters. The summed E-state index contributed by atoms with van der Waals surface area (Å²) >= 11 is 0. The zero-order valence-corrected chi connectivity index (χ0v) is 10.7. The summed E-state index contributed by atoms with van der Waals surface area (Å²) in [6.07, 6.45) is 2.65. The van der Waals surface area contributed by atoms with Crippen LogP contribution in [-0.2, 0) is 9.53 Å². The van der Waals surface area contributed by atoms with Crippen molar-refractivity contribution in [2.75, 3.05) is 18.6 Å². The lowest BCUT2D eigenvalue weighted by Crippen LogP contribution is -2.45. The lowest BCUT2D eigenvalue weighted by Gasteiger charge is -2.35. The first-order valence-electron chi connectivity index (χ1n) is 6.22. The highest BCUT2D eigenvalue weighted by molar-refractivity contribution is 5.80. The summed E-state index contributed by atoms with van der Waals surface area (Å²) in [4.78, 5) is 24.0. The Bertz CT molecular complexity index is 489. The van der Waals surface area contributed by atoms with Crippen molar-refractivity contribution >= 4 is 17.3 Å². The SMILES string of the molecule is COC(=O)C1CCCCN1c1cccc([N+](=O)[O-])c1. The number of non-ortho nitro benzene ring substituents is 1. The Morgan fingerprint density at radius 1 is 1.47 bits per heavy atom. The average Bonchev–Trinajstić information content (AvgIpc) is 2.46. The molecule has 1 aromatic rings. The van der Waals surface area contributed by atoms with Gasteiger partial charge in [-0.1, -0.05) is 6.07 Å². The van der Waals surface area contributed by atoms with Crippen LogP contribution in [0, 0.1) is 10.1 Å². The molecule has 0 bridgehead atoms. The van der Waals surface area contributed by atoms with Gasteiger partial charge in [0.25, 0.3) is 5.69 Å². The number of carbonyl (C=O) groups excluding carboxylic acids is 1. The van der Waals surface area contributed by atoms with Crippen LogP contribution >= 0.6 is 0 Å². The van der Waals surface area contributed by atoms with Gasteiger partial charge in [-0.15, -0.1) is 0 Å². The van der Waals surface area contributed by atoms with E-state index in [0.717, 1.165) is 19.3 Å². The van der Waals surface area contributed by atoms with Gasteiger partial charge in [0, 0.05) is 24.4 Å². The molecule has 6 heteroatoms. The van der Waals surface area contributed by atoms with Gasteiger partial charge in [0.1, 0.15) is 6.04 Å². The number of carbonyl (C=O) groups is 1. The standard InChI is InChI=1S/C13H16N2O4/c1-19-13(16)12-7-2-3-8-14(12)10-5-4-6-11(9-10)15(17)18/h4-6,9,12H,2-3,7-8H2,1H3. The number of ether oxygens (including phenoxy) is 1. The van der Waals surface area contributed by atoms with Crippen molar-refractivity contribution in [3.05, 3.63) is 34.4 Å². The van der Waals surface area contributed by atoms with Crippen LogP contribution < -0.4 is 4.90 Å². The van der Waals surface area contributed by atoms with E-state index in [-0.39, 0.29) is 17.7 Å². The summed E-state index contributed by atoms with van der Waals surface area (Å²) in [5, 5.41) is 10.8. The van der Waals surface area contributed by atoms with Crippen molar-refractivity contribution in [2.24, 2.45) is 0 Å². The largest absolute Gasteiger partial charge is 0.467 e. The number of hydrogen-bond donors (Lipinski definition) is 0. The predicted molar refractivity (Wildman–Crippen MR) is 70.1 cm³/mol. The first-order chi connectivity index (χ1) is 9.13. The fourth-order valence-electron chi connectivity index (χ4n) is 2.41. The Labute approximate surface area is 111 Å². The first kappa shape index (κ1) is 13.3. The highest BCUT2D eigenvalue weighted by Crippen LogP contribution is 2.28. The number of nitrogens with zero attached hydrogens (tertiary/aromatic N) is 2. The van der Waals surface area contributed by atoms with Gasteiger partial charge in [-0.2, -0.15) is 0 Å². The van der Waals surface area contributed by atoms with Crippen molar-refractivity contribution in [3.63, 3.8) is 0 Å². The zero-order chi connectivity index (χ0) is 13.8. The predicted octanol–water partition coefficient (Wildman–Crippen LogP) is 2.13. The zero-order valence-electron chi connectivity index (χ0n) is 10.7. The number of benzene rings is 1. The van der Waals surface area contributed by atoms with E-state index in [1.807, 2.05) is 4.90 Å². The number of rotatable bonds is 3. The Kier molecular flexibility index (Phi) is 3.99. The molecule has 0 amide bonds. The van der Waals surface area contributed by atoms with E-state index in [0.29, 0.717) is 12.2 Å². The van der Waals surface area contributed by atoms with Gasteiger partial charge >= 0.3 is 5.97 Å². The highest BCUT2D eigenvalue weighted by atomic mass is 16.6. The molecule has 0 aromatic heterocycles. The second-order valence-corrected chi connectivity index (χ2v) is 4.51. The molecular weight excluding hydrogens is 248 g/mol. The number of anilines is 1. The van der Waals surface area contributed by atoms with E-state index in [1.54, 1.807) is 12.1 Å². The maximum atomic E-state index is 11.8. The average molecular weight is 264 g/mol. The van der Waals surface area contributed by atoms with Crippen LogP contribution in [0.15, 0.2) is 24.3 Å². The summed E-state index contributed by atoms with van der Waals surface area (Å²) in [5.41, 5.74) is 0.732. The molecule has 1 saturated heterocycles. The molecule has 1 heterocycles. The normalized spacial score (nSPS) is 19.0. The lowest BCUT2D eigenvalue weighted by molar-refractivity contribution is -0.384. The number of nitro groups is 1. The van der Waals surface area contributed by atoms with Crippen LogP contribution in [-0.4, -0.2) is 30.6 Å². The minimum absolute atomic E-state index is 0.0340. The molecule has 0 spiro atoms. The molecule has 1 fully saturated rings. The van der Waals surface area contributed by atoms with Crippen molar-refractivity contribution in [2.45, 2.75) is 25.3 Å². The van der Waals surface area contributed by atoms with Crippen molar-refractivity contribution in [3.8, 4) is 0 Å². The van der Waals surface area contributed by atoms with E-state index in [9.17, 15) is 14.9 Å². The number of piperidine rings is 1. The van der Waals surface area contributed by atoms with E-state index < -0.39 is 4.92 Å². The van der Waals surface area contributed by atoms with Crippen LogP contribution in [0.5, 0.6) is 0 Å². The second kappa shape index (κ2) is 5.69. The number of esters is 1. The monoisotopic (exact) mass is 264 g/mol. The summed E-state index contributed by atoms with van der Waals surface area (Å²) < 4.78 is 4.80. The van der Waals surface area contributed by atoms with Gasteiger partial charge in [0.15, 0.2) is 0 Å². The summed E-state index contributed by atoms with van der Waals surface area (Å²) in [6.45, 7) is 0.709.